The zero-order chi connectivity index (χ0) is 19.8. The van der Waals surface area contributed by atoms with E-state index >= 15 is 0 Å². The monoisotopic (exact) mass is 388 g/mol. The first-order valence-corrected chi connectivity index (χ1v) is 9.22. The number of rotatable bonds is 3. The molecule has 0 N–H and O–H groups in total. The van der Waals surface area contributed by atoms with Crippen LogP contribution < -0.4 is 0 Å². The van der Waals surface area contributed by atoms with E-state index in [2.05, 4.69) is 0 Å². The summed E-state index contributed by atoms with van der Waals surface area (Å²) in [4.78, 5) is 28.4. The zero-order valence-corrected chi connectivity index (χ0v) is 15.1. The molecule has 2 aliphatic rings. The van der Waals surface area contributed by atoms with E-state index in [0.717, 1.165) is 24.1 Å². The van der Waals surface area contributed by atoms with Gasteiger partial charge in [0, 0.05) is 37.7 Å². The van der Waals surface area contributed by atoms with Crippen LogP contribution in [0.5, 0.6) is 0 Å². The number of hydrogen-bond acceptors (Lipinski definition) is 2. The summed E-state index contributed by atoms with van der Waals surface area (Å²) in [6.45, 7) is 1.50. The third-order valence-corrected chi connectivity index (χ3v) is 5.45. The summed E-state index contributed by atoms with van der Waals surface area (Å²) in [5.41, 5.74) is 1.06. The summed E-state index contributed by atoms with van der Waals surface area (Å²) in [5, 5.41) is 0. The van der Waals surface area contributed by atoms with E-state index in [1.54, 1.807) is 21.9 Å². The average molecular weight is 388 g/mol. The van der Waals surface area contributed by atoms with E-state index in [4.69, 9.17) is 0 Å². The predicted octanol–water partition coefficient (Wildman–Crippen LogP) is 3.19. The molecule has 2 atom stereocenters. The molecule has 4 nitrogen and oxygen atoms in total. The van der Waals surface area contributed by atoms with Crippen molar-refractivity contribution >= 4 is 11.8 Å². The van der Waals surface area contributed by atoms with Gasteiger partial charge in [0.1, 0.15) is 5.82 Å². The first-order valence-electron chi connectivity index (χ1n) is 9.22. The van der Waals surface area contributed by atoms with Gasteiger partial charge in [0.15, 0.2) is 11.6 Å². The first-order chi connectivity index (χ1) is 13.4. The Labute approximate surface area is 160 Å². The summed E-state index contributed by atoms with van der Waals surface area (Å²) >= 11 is 0. The lowest BCUT2D eigenvalue weighted by Gasteiger charge is -2.35. The molecule has 0 radical (unpaired) electrons. The van der Waals surface area contributed by atoms with Gasteiger partial charge in [-0.05, 0) is 48.2 Å². The van der Waals surface area contributed by atoms with Gasteiger partial charge in [0.25, 0.3) is 5.91 Å². The molecule has 2 aromatic rings. The van der Waals surface area contributed by atoms with Crippen LogP contribution in [0.25, 0.3) is 0 Å². The smallest absolute Gasteiger partial charge is 0.254 e. The number of hydrogen-bond donors (Lipinski definition) is 0. The molecule has 1 saturated carbocycles. The standard InChI is InChI=1S/C21H19F3N2O2/c22-15-4-1-13(2-5-15)16-12-17(16)21(28)26-9-7-25(8-10-26)20(27)14-3-6-18(23)19(24)11-14/h1-6,11,16-17H,7-10,12H2. The van der Waals surface area contributed by atoms with Gasteiger partial charge in [-0.1, -0.05) is 12.1 Å². The van der Waals surface area contributed by atoms with E-state index < -0.39 is 11.6 Å². The van der Waals surface area contributed by atoms with E-state index in [9.17, 15) is 22.8 Å². The minimum absolute atomic E-state index is 0.0502. The molecule has 2 unspecified atom stereocenters. The lowest BCUT2D eigenvalue weighted by Crippen LogP contribution is -2.51. The maximum Gasteiger partial charge on any atom is 0.254 e. The Bertz CT molecular complexity index is 908. The minimum Gasteiger partial charge on any atom is -0.339 e. The Hall–Kier alpha value is -2.83. The fraction of sp³-hybridized carbons (Fsp3) is 0.333. The molecule has 7 heteroatoms. The highest BCUT2D eigenvalue weighted by molar-refractivity contribution is 5.94. The highest BCUT2D eigenvalue weighted by Gasteiger charge is 2.46. The Balaban J connectivity index is 1.33. The second-order valence-electron chi connectivity index (χ2n) is 7.25. The largest absolute Gasteiger partial charge is 0.339 e. The van der Waals surface area contributed by atoms with Gasteiger partial charge in [0.05, 0.1) is 0 Å². The summed E-state index contributed by atoms with van der Waals surface area (Å²) in [5.74, 6) is -2.65. The summed E-state index contributed by atoms with van der Waals surface area (Å²) in [6, 6.07) is 9.32. The number of amides is 2. The number of nitrogens with zero attached hydrogens (tertiary/aromatic N) is 2. The van der Waals surface area contributed by atoms with Crippen LogP contribution in [0.2, 0.25) is 0 Å². The lowest BCUT2D eigenvalue weighted by molar-refractivity contribution is -0.134. The molecule has 1 saturated heterocycles. The second-order valence-corrected chi connectivity index (χ2v) is 7.25. The topological polar surface area (TPSA) is 40.6 Å². The number of benzene rings is 2. The number of halogens is 3. The van der Waals surface area contributed by atoms with E-state index in [1.807, 2.05) is 0 Å². The molecule has 1 heterocycles. The second kappa shape index (κ2) is 7.30. The maximum atomic E-state index is 13.3. The van der Waals surface area contributed by atoms with Crippen LogP contribution in [0, 0.1) is 23.4 Å². The third kappa shape index (κ3) is 3.61. The summed E-state index contributed by atoms with van der Waals surface area (Å²) in [7, 11) is 0. The molecule has 0 bridgehead atoms. The van der Waals surface area contributed by atoms with Crippen molar-refractivity contribution in [3.63, 3.8) is 0 Å². The van der Waals surface area contributed by atoms with Crippen LogP contribution in [0.1, 0.15) is 28.3 Å². The van der Waals surface area contributed by atoms with Crippen LogP contribution in [0.4, 0.5) is 13.2 Å². The van der Waals surface area contributed by atoms with Crippen molar-refractivity contribution in [2.75, 3.05) is 26.2 Å². The fourth-order valence-electron chi connectivity index (χ4n) is 3.72. The molecule has 0 spiro atoms. The molecule has 4 rings (SSSR count). The molecule has 0 aromatic heterocycles. The van der Waals surface area contributed by atoms with Gasteiger partial charge < -0.3 is 9.80 Å². The van der Waals surface area contributed by atoms with Crippen molar-refractivity contribution in [1.29, 1.82) is 0 Å². The van der Waals surface area contributed by atoms with Gasteiger partial charge in [-0.15, -0.1) is 0 Å². The van der Waals surface area contributed by atoms with Gasteiger partial charge in [-0.25, -0.2) is 13.2 Å². The molecule has 146 valence electrons. The number of piperazine rings is 1. The van der Waals surface area contributed by atoms with Gasteiger partial charge in [-0.2, -0.15) is 0 Å². The van der Waals surface area contributed by atoms with Crippen LogP contribution >= 0.6 is 0 Å². The molecule has 1 aliphatic carbocycles. The normalized spacial score (nSPS) is 21.5. The molecule has 2 aromatic carbocycles. The Morgan fingerprint density at radius 3 is 2.11 bits per heavy atom. The predicted molar refractivity (Wildman–Crippen MR) is 96.1 cm³/mol. The SMILES string of the molecule is O=C(c1ccc(F)c(F)c1)N1CCN(C(=O)C2CC2c2ccc(F)cc2)CC1. The van der Waals surface area contributed by atoms with Crippen molar-refractivity contribution in [2.24, 2.45) is 5.92 Å². The molecule has 2 amide bonds. The molecular formula is C21H19F3N2O2. The summed E-state index contributed by atoms with van der Waals surface area (Å²) < 4.78 is 39.4. The Morgan fingerprint density at radius 2 is 1.46 bits per heavy atom. The van der Waals surface area contributed by atoms with E-state index in [1.165, 1.54) is 18.2 Å². The maximum absolute atomic E-state index is 13.3. The molecule has 28 heavy (non-hydrogen) atoms. The minimum atomic E-state index is -1.06. The van der Waals surface area contributed by atoms with Crippen molar-refractivity contribution in [2.45, 2.75) is 12.3 Å². The van der Waals surface area contributed by atoms with Crippen LogP contribution in [0.15, 0.2) is 42.5 Å². The summed E-state index contributed by atoms with van der Waals surface area (Å²) in [6.07, 6.45) is 0.748. The van der Waals surface area contributed by atoms with Crippen LogP contribution in [-0.4, -0.2) is 47.8 Å². The molecular weight excluding hydrogens is 369 g/mol. The van der Waals surface area contributed by atoms with Gasteiger partial charge in [0.2, 0.25) is 5.91 Å². The van der Waals surface area contributed by atoms with Crippen molar-refractivity contribution in [3.8, 4) is 0 Å². The van der Waals surface area contributed by atoms with Crippen molar-refractivity contribution in [1.82, 2.24) is 9.80 Å². The number of carbonyl (C=O) groups is 2. The zero-order valence-electron chi connectivity index (χ0n) is 15.1. The van der Waals surface area contributed by atoms with Gasteiger partial charge in [-0.3, -0.25) is 9.59 Å². The quantitative estimate of drug-likeness (QED) is 0.810. The highest BCUT2D eigenvalue weighted by Crippen LogP contribution is 2.48. The van der Waals surface area contributed by atoms with Crippen molar-refractivity contribution < 1.29 is 22.8 Å². The molecule has 1 aliphatic heterocycles. The average Bonchev–Trinajstić information content (AvgIpc) is 3.50. The van der Waals surface area contributed by atoms with Crippen LogP contribution in [0.3, 0.4) is 0 Å². The van der Waals surface area contributed by atoms with E-state index in [0.29, 0.717) is 26.2 Å². The molecule has 2 fully saturated rings. The first kappa shape index (κ1) is 18.5. The third-order valence-electron chi connectivity index (χ3n) is 5.45. The van der Waals surface area contributed by atoms with Crippen molar-refractivity contribution in [3.05, 3.63) is 71.0 Å². The van der Waals surface area contributed by atoms with E-state index in [-0.39, 0.29) is 35.0 Å². The highest BCUT2D eigenvalue weighted by atomic mass is 19.2. The van der Waals surface area contributed by atoms with Crippen LogP contribution in [-0.2, 0) is 4.79 Å². The fourth-order valence-corrected chi connectivity index (χ4v) is 3.72. The number of carbonyl (C=O) groups excluding carboxylic acids is 2. The van der Waals surface area contributed by atoms with Gasteiger partial charge >= 0.3 is 0 Å². The Kier molecular flexibility index (Phi) is 4.83. The lowest BCUT2D eigenvalue weighted by atomic mass is 10.1. The Morgan fingerprint density at radius 1 is 0.821 bits per heavy atom.